The van der Waals surface area contributed by atoms with Crippen LogP contribution in [0.4, 0.5) is 0 Å². The molecular formula is C23H24Cl2N2O3S. The zero-order valence-electron chi connectivity index (χ0n) is 16.9. The number of halogens is 2. The fraction of sp³-hybridized carbons (Fsp3) is 0.304. The minimum atomic E-state index is -0.417. The number of hydrogen-bond acceptors (Lipinski definition) is 6. The van der Waals surface area contributed by atoms with Crippen LogP contribution in [0, 0.1) is 0 Å². The summed E-state index contributed by atoms with van der Waals surface area (Å²) in [6, 6.07) is 13.2. The van der Waals surface area contributed by atoms with Gasteiger partial charge >= 0.3 is 5.63 Å². The molecule has 1 fully saturated rings. The fourth-order valence-electron chi connectivity index (χ4n) is 4.04. The number of thiazole rings is 1. The Labute approximate surface area is 196 Å². The quantitative estimate of drug-likeness (QED) is 0.366. The molecule has 1 saturated heterocycles. The Morgan fingerprint density at radius 2 is 1.77 bits per heavy atom. The smallest absolute Gasteiger partial charge is 0.346 e. The van der Waals surface area contributed by atoms with Gasteiger partial charge in [-0.3, -0.25) is 4.90 Å². The van der Waals surface area contributed by atoms with Crippen LogP contribution >= 0.6 is 36.2 Å². The van der Waals surface area contributed by atoms with Gasteiger partial charge in [-0.15, -0.1) is 36.2 Å². The van der Waals surface area contributed by atoms with E-state index in [-0.39, 0.29) is 30.6 Å². The summed E-state index contributed by atoms with van der Waals surface area (Å²) < 4.78 is 6.79. The molecular weight excluding hydrogens is 455 g/mol. The molecule has 31 heavy (non-hydrogen) atoms. The predicted octanol–water partition coefficient (Wildman–Crippen LogP) is 5.99. The van der Waals surface area contributed by atoms with Crippen LogP contribution in [-0.2, 0) is 6.54 Å². The molecule has 1 N–H and O–H groups in total. The van der Waals surface area contributed by atoms with Crippen LogP contribution in [-0.4, -0.2) is 28.1 Å². The van der Waals surface area contributed by atoms with Crippen molar-refractivity contribution in [3.63, 3.8) is 0 Å². The zero-order valence-corrected chi connectivity index (χ0v) is 19.3. The van der Waals surface area contributed by atoms with Crippen molar-refractivity contribution in [2.75, 3.05) is 13.1 Å². The molecule has 1 aliphatic rings. The fourth-order valence-corrected chi connectivity index (χ4v) is 5.01. The van der Waals surface area contributed by atoms with E-state index in [0.717, 1.165) is 41.5 Å². The summed E-state index contributed by atoms with van der Waals surface area (Å²) in [5.74, 6) is 0.178. The summed E-state index contributed by atoms with van der Waals surface area (Å²) >= 11 is 1.48. The molecule has 0 bridgehead atoms. The number of hydrogen-bond donors (Lipinski definition) is 1. The number of likely N-dealkylation sites (tertiary alicyclic amines) is 1. The van der Waals surface area contributed by atoms with Gasteiger partial charge in [-0.25, -0.2) is 9.78 Å². The monoisotopic (exact) mass is 478 g/mol. The van der Waals surface area contributed by atoms with Gasteiger partial charge in [0.05, 0.1) is 21.3 Å². The second-order valence-electron chi connectivity index (χ2n) is 7.61. The SMILES string of the molecule is Cl.Cl.O=c1oc2c(CN3CCCCCC3)c(O)ccc2cc1-c1nc2ccccc2s1. The number of nitrogens with zero attached hydrogens (tertiary/aromatic N) is 2. The molecule has 8 heteroatoms. The lowest BCUT2D eigenvalue weighted by Gasteiger charge is -2.20. The number of phenolic OH excluding ortho intramolecular Hbond substituents is 1. The molecule has 5 nitrogen and oxygen atoms in total. The largest absolute Gasteiger partial charge is 0.507 e. The Morgan fingerprint density at radius 3 is 2.52 bits per heavy atom. The van der Waals surface area contributed by atoms with Crippen molar-refractivity contribution >= 4 is 57.3 Å². The lowest BCUT2D eigenvalue weighted by atomic mass is 10.1. The molecule has 0 amide bonds. The highest BCUT2D eigenvalue weighted by Gasteiger charge is 2.19. The highest BCUT2D eigenvalue weighted by molar-refractivity contribution is 7.21. The van der Waals surface area contributed by atoms with E-state index in [9.17, 15) is 9.90 Å². The third-order valence-electron chi connectivity index (χ3n) is 5.59. The molecule has 1 aliphatic heterocycles. The van der Waals surface area contributed by atoms with Crippen molar-refractivity contribution in [2.24, 2.45) is 0 Å². The zero-order chi connectivity index (χ0) is 19.8. The van der Waals surface area contributed by atoms with Crippen molar-refractivity contribution in [3.8, 4) is 16.3 Å². The third kappa shape index (κ3) is 4.72. The van der Waals surface area contributed by atoms with E-state index in [4.69, 9.17) is 4.42 Å². The van der Waals surface area contributed by atoms with Crippen molar-refractivity contribution in [3.05, 3.63) is 58.4 Å². The minimum absolute atomic E-state index is 0. The van der Waals surface area contributed by atoms with Crippen LogP contribution in [0.25, 0.3) is 31.8 Å². The van der Waals surface area contributed by atoms with Crippen LogP contribution in [0.15, 0.2) is 51.7 Å². The predicted molar refractivity (Wildman–Crippen MR) is 131 cm³/mol. The normalized spacial score (nSPS) is 14.7. The van der Waals surface area contributed by atoms with Crippen LogP contribution in [0.5, 0.6) is 5.75 Å². The molecule has 0 atom stereocenters. The van der Waals surface area contributed by atoms with Gasteiger partial charge in [0.15, 0.2) is 0 Å². The summed E-state index contributed by atoms with van der Waals surface area (Å²) in [5.41, 5.74) is 2.09. The van der Waals surface area contributed by atoms with Gasteiger partial charge in [-0.05, 0) is 56.3 Å². The Morgan fingerprint density at radius 1 is 1.03 bits per heavy atom. The Kier molecular flexibility index (Phi) is 7.59. The standard InChI is InChI=1S/C23H22N2O3S.2ClH/c26-19-10-9-15-13-16(22-24-18-7-3-4-8-20(18)29-22)23(27)28-21(15)17(19)14-25-11-5-1-2-6-12-25;;/h3-4,7-10,13,26H,1-2,5-6,11-12,14H2;2*1H. The topological polar surface area (TPSA) is 66.6 Å². The number of rotatable bonds is 3. The number of aromatic hydroxyl groups is 1. The van der Waals surface area contributed by atoms with Crippen LogP contribution in [0.1, 0.15) is 31.2 Å². The number of benzene rings is 2. The minimum Gasteiger partial charge on any atom is -0.507 e. The average molecular weight is 479 g/mol. The van der Waals surface area contributed by atoms with Gasteiger partial charge in [0.2, 0.25) is 0 Å². The Hall–Kier alpha value is -2.12. The lowest BCUT2D eigenvalue weighted by molar-refractivity contribution is 0.272. The van der Waals surface area contributed by atoms with Gasteiger partial charge in [0.25, 0.3) is 0 Å². The third-order valence-corrected chi connectivity index (χ3v) is 6.66. The maximum atomic E-state index is 12.8. The first-order valence-electron chi connectivity index (χ1n) is 10.1. The molecule has 0 spiro atoms. The molecule has 3 heterocycles. The van der Waals surface area contributed by atoms with E-state index < -0.39 is 5.63 Å². The van der Waals surface area contributed by atoms with Crippen molar-refractivity contribution in [1.82, 2.24) is 9.88 Å². The number of para-hydroxylation sites is 1. The van der Waals surface area contributed by atoms with Crippen LogP contribution < -0.4 is 5.63 Å². The van der Waals surface area contributed by atoms with E-state index in [1.807, 2.05) is 30.3 Å². The molecule has 0 aliphatic carbocycles. The summed E-state index contributed by atoms with van der Waals surface area (Å²) in [6.07, 6.45) is 4.83. The van der Waals surface area contributed by atoms with Gasteiger partial charge in [-0.2, -0.15) is 0 Å². The second kappa shape index (κ2) is 10.0. The highest BCUT2D eigenvalue weighted by atomic mass is 35.5. The summed E-state index contributed by atoms with van der Waals surface area (Å²) in [4.78, 5) is 19.8. The van der Waals surface area contributed by atoms with Crippen LogP contribution in [0.3, 0.4) is 0 Å². The molecule has 0 saturated carbocycles. The van der Waals surface area contributed by atoms with Gasteiger partial charge in [0, 0.05) is 11.9 Å². The number of phenols is 1. The summed E-state index contributed by atoms with van der Waals surface area (Å²) in [5, 5.41) is 11.9. The molecule has 2 aromatic carbocycles. The first-order valence-corrected chi connectivity index (χ1v) is 10.9. The van der Waals surface area contributed by atoms with Crippen molar-refractivity contribution in [2.45, 2.75) is 32.2 Å². The summed E-state index contributed by atoms with van der Waals surface area (Å²) in [7, 11) is 0. The maximum Gasteiger partial charge on any atom is 0.346 e. The Balaban J connectivity index is 0.00000136. The van der Waals surface area contributed by atoms with Crippen molar-refractivity contribution < 1.29 is 9.52 Å². The van der Waals surface area contributed by atoms with Gasteiger partial charge < -0.3 is 9.52 Å². The van der Waals surface area contributed by atoms with E-state index in [1.54, 1.807) is 12.1 Å². The summed E-state index contributed by atoms with van der Waals surface area (Å²) in [6.45, 7) is 2.60. The van der Waals surface area contributed by atoms with E-state index >= 15 is 0 Å². The lowest BCUT2D eigenvalue weighted by Crippen LogP contribution is -2.24. The van der Waals surface area contributed by atoms with E-state index in [0.29, 0.717) is 28.3 Å². The number of aromatic nitrogens is 1. The average Bonchev–Trinajstić information content (AvgIpc) is 2.99. The highest BCUT2D eigenvalue weighted by Crippen LogP contribution is 2.33. The molecule has 0 radical (unpaired) electrons. The first kappa shape index (κ1) is 23.5. The molecule has 4 aromatic rings. The van der Waals surface area contributed by atoms with Crippen LogP contribution in [0.2, 0.25) is 0 Å². The number of fused-ring (bicyclic) bond motifs is 2. The van der Waals surface area contributed by atoms with Gasteiger partial charge in [-0.1, -0.05) is 25.0 Å². The Bertz CT molecular complexity index is 1210. The first-order chi connectivity index (χ1) is 14.2. The second-order valence-corrected chi connectivity index (χ2v) is 8.64. The molecule has 0 unspecified atom stereocenters. The maximum absolute atomic E-state index is 12.8. The molecule has 2 aromatic heterocycles. The van der Waals surface area contributed by atoms with Gasteiger partial charge in [0.1, 0.15) is 16.3 Å². The molecule has 5 rings (SSSR count). The van der Waals surface area contributed by atoms with E-state index in [2.05, 4.69) is 9.88 Å². The molecule has 164 valence electrons. The van der Waals surface area contributed by atoms with Crippen molar-refractivity contribution in [1.29, 1.82) is 0 Å². The van der Waals surface area contributed by atoms with E-state index in [1.165, 1.54) is 24.2 Å².